The lowest BCUT2D eigenvalue weighted by molar-refractivity contribution is -0.121. The number of halogens is 1. The molecule has 1 amide bonds. The summed E-state index contributed by atoms with van der Waals surface area (Å²) in [6.07, 6.45) is 1.82. The molecule has 0 radical (unpaired) electrons. The van der Waals surface area contributed by atoms with Crippen molar-refractivity contribution in [1.82, 2.24) is 15.0 Å². The summed E-state index contributed by atoms with van der Waals surface area (Å²) in [5, 5.41) is 10.00. The van der Waals surface area contributed by atoms with E-state index in [0.717, 1.165) is 45.6 Å². The summed E-state index contributed by atoms with van der Waals surface area (Å²) in [7, 11) is 0. The number of benzene rings is 2. The van der Waals surface area contributed by atoms with Crippen LogP contribution in [0.25, 0.3) is 10.7 Å². The molecule has 0 aliphatic carbocycles. The molecule has 1 aliphatic heterocycles. The average Bonchev–Trinajstić information content (AvgIpc) is 3.57. The molecule has 1 aliphatic rings. The van der Waals surface area contributed by atoms with Gasteiger partial charge in [-0.3, -0.25) is 9.69 Å². The van der Waals surface area contributed by atoms with Crippen LogP contribution in [0.5, 0.6) is 0 Å². The summed E-state index contributed by atoms with van der Waals surface area (Å²) >= 11 is 9.28. The molecule has 4 aromatic rings. The van der Waals surface area contributed by atoms with Crippen molar-refractivity contribution in [3.8, 4) is 10.7 Å². The highest BCUT2D eigenvalue weighted by Gasteiger charge is 2.27. The van der Waals surface area contributed by atoms with Crippen molar-refractivity contribution >= 4 is 46.3 Å². The third kappa shape index (κ3) is 6.32. The first kappa shape index (κ1) is 24.1. The zero-order valence-corrected chi connectivity index (χ0v) is 21.4. The first-order valence-electron chi connectivity index (χ1n) is 11.5. The topological polar surface area (TPSA) is 71.3 Å². The molecule has 35 heavy (non-hydrogen) atoms. The smallest absolute Gasteiger partial charge is 0.241 e. The predicted molar refractivity (Wildman–Crippen MR) is 142 cm³/mol. The number of hydrogen-bond donors (Lipinski definition) is 1. The van der Waals surface area contributed by atoms with Crippen LogP contribution in [-0.4, -0.2) is 34.0 Å². The van der Waals surface area contributed by atoms with Crippen molar-refractivity contribution < 1.29 is 9.32 Å². The van der Waals surface area contributed by atoms with Crippen LogP contribution in [0.2, 0.25) is 5.02 Å². The zero-order valence-electron chi connectivity index (χ0n) is 19.0. The van der Waals surface area contributed by atoms with E-state index in [-0.39, 0.29) is 11.8 Å². The average molecular weight is 525 g/mol. The quantitative estimate of drug-likeness (QED) is 0.262. The molecule has 1 atom stereocenters. The van der Waals surface area contributed by atoms with Gasteiger partial charge in [0.05, 0.1) is 23.0 Å². The maximum Gasteiger partial charge on any atom is 0.241 e. The largest absolute Gasteiger partial charge is 0.338 e. The summed E-state index contributed by atoms with van der Waals surface area (Å²) in [5.41, 5.74) is 2.04. The van der Waals surface area contributed by atoms with Crippen LogP contribution < -0.4 is 5.32 Å². The van der Waals surface area contributed by atoms with Gasteiger partial charge in [-0.1, -0.05) is 47.1 Å². The van der Waals surface area contributed by atoms with Gasteiger partial charge in [-0.2, -0.15) is 4.98 Å². The Labute approximate surface area is 217 Å². The van der Waals surface area contributed by atoms with Crippen LogP contribution in [0.3, 0.4) is 0 Å². The molecule has 2 aromatic heterocycles. The van der Waals surface area contributed by atoms with Crippen LogP contribution in [0.4, 0.5) is 5.69 Å². The van der Waals surface area contributed by atoms with Gasteiger partial charge >= 0.3 is 0 Å². The third-order valence-electron chi connectivity index (χ3n) is 5.90. The van der Waals surface area contributed by atoms with E-state index in [4.69, 9.17) is 16.1 Å². The fourth-order valence-electron chi connectivity index (χ4n) is 4.10. The Balaban J connectivity index is 1.18. The number of rotatable bonds is 8. The molecule has 6 nitrogen and oxygen atoms in total. The van der Waals surface area contributed by atoms with Crippen molar-refractivity contribution in [2.75, 3.05) is 18.4 Å². The second-order valence-corrected chi connectivity index (χ2v) is 10.9. The van der Waals surface area contributed by atoms with Gasteiger partial charge in [0.15, 0.2) is 0 Å². The lowest BCUT2D eigenvalue weighted by Crippen LogP contribution is -2.40. The van der Waals surface area contributed by atoms with Gasteiger partial charge in [0.2, 0.25) is 17.6 Å². The number of piperidine rings is 1. The fourth-order valence-corrected chi connectivity index (χ4v) is 5.84. The Morgan fingerprint density at radius 1 is 1.17 bits per heavy atom. The number of likely N-dealkylation sites (tertiary alicyclic amines) is 1. The number of thiophene rings is 1. The fraction of sp³-hybridized carbons (Fsp3) is 0.269. The minimum Gasteiger partial charge on any atom is -0.338 e. The lowest BCUT2D eigenvalue weighted by Gasteiger charge is -2.31. The molecule has 5 rings (SSSR count). The van der Waals surface area contributed by atoms with Crippen molar-refractivity contribution in [2.45, 2.75) is 30.0 Å². The first-order chi connectivity index (χ1) is 17.1. The second kappa shape index (κ2) is 11.4. The van der Waals surface area contributed by atoms with E-state index >= 15 is 0 Å². The molecule has 1 N–H and O–H groups in total. The highest BCUT2D eigenvalue weighted by atomic mass is 35.5. The Kier molecular flexibility index (Phi) is 7.83. The number of nitrogens with zero attached hydrogens (tertiary/aromatic N) is 3. The number of carbonyl (C=O) groups excluding carboxylic acids is 1. The number of nitrogens with one attached hydrogen (secondary N) is 1. The summed E-state index contributed by atoms with van der Waals surface area (Å²) in [6, 6.07) is 19.8. The Bertz CT molecular complexity index is 1260. The van der Waals surface area contributed by atoms with Gasteiger partial charge in [-0.05, 0) is 60.7 Å². The number of anilines is 1. The van der Waals surface area contributed by atoms with Crippen LogP contribution >= 0.6 is 34.7 Å². The molecular formula is C26H25ClN4O2S2. The van der Waals surface area contributed by atoms with Crippen LogP contribution in [-0.2, 0) is 17.1 Å². The second-order valence-electron chi connectivity index (χ2n) is 8.46. The van der Waals surface area contributed by atoms with Crippen LogP contribution in [0.1, 0.15) is 24.3 Å². The molecule has 2 aromatic carbocycles. The van der Waals surface area contributed by atoms with E-state index < -0.39 is 0 Å². The number of amides is 1. The summed E-state index contributed by atoms with van der Waals surface area (Å²) in [4.78, 5) is 22.0. The standard InChI is InChI=1S/C26H25ClN4O2S2/c27-20-11-9-18(10-12-20)17-35-22-7-2-1-6-21(22)28-26(32)19-5-3-13-31(15-19)16-24-29-25(30-33-24)23-8-4-14-34-23/h1-2,4,6-12,14,19H,3,5,13,15-17H2,(H,28,32). The minimum atomic E-state index is -0.0854. The SMILES string of the molecule is O=C(Nc1ccccc1SCc1ccc(Cl)cc1)C1CCCN(Cc2nc(-c3cccs3)no2)C1. The molecule has 0 spiro atoms. The van der Waals surface area contributed by atoms with Crippen LogP contribution in [0.15, 0.2) is 75.5 Å². The maximum atomic E-state index is 13.2. The predicted octanol–water partition coefficient (Wildman–Crippen LogP) is 6.59. The van der Waals surface area contributed by atoms with Gasteiger partial charge in [0, 0.05) is 22.2 Å². The van der Waals surface area contributed by atoms with Crippen molar-refractivity contribution in [2.24, 2.45) is 5.92 Å². The summed E-state index contributed by atoms with van der Waals surface area (Å²) in [5.74, 6) is 1.98. The van der Waals surface area contributed by atoms with Crippen LogP contribution in [0, 0.1) is 5.92 Å². The van der Waals surface area contributed by atoms with E-state index in [2.05, 4.69) is 20.4 Å². The van der Waals surface area contributed by atoms with Gasteiger partial charge in [0.25, 0.3) is 0 Å². The molecule has 0 saturated carbocycles. The van der Waals surface area contributed by atoms with E-state index in [0.29, 0.717) is 24.8 Å². The summed E-state index contributed by atoms with van der Waals surface area (Å²) < 4.78 is 5.46. The molecule has 1 fully saturated rings. The summed E-state index contributed by atoms with van der Waals surface area (Å²) in [6.45, 7) is 2.13. The van der Waals surface area contributed by atoms with E-state index in [1.165, 1.54) is 5.56 Å². The third-order valence-corrected chi connectivity index (χ3v) is 8.16. The zero-order chi connectivity index (χ0) is 24.0. The molecule has 1 unspecified atom stereocenters. The molecule has 9 heteroatoms. The van der Waals surface area contributed by atoms with E-state index in [9.17, 15) is 4.79 Å². The number of carbonyl (C=O) groups is 1. The molecule has 0 bridgehead atoms. The highest BCUT2D eigenvalue weighted by Crippen LogP contribution is 2.31. The van der Waals surface area contributed by atoms with Gasteiger partial charge in [0.1, 0.15) is 0 Å². The van der Waals surface area contributed by atoms with E-state index in [1.54, 1.807) is 23.1 Å². The number of para-hydroxylation sites is 1. The first-order valence-corrected chi connectivity index (χ1v) is 13.7. The Morgan fingerprint density at radius 3 is 2.86 bits per heavy atom. The molecular weight excluding hydrogens is 500 g/mol. The lowest BCUT2D eigenvalue weighted by atomic mass is 9.97. The van der Waals surface area contributed by atoms with Gasteiger partial charge in [-0.25, -0.2) is 0 Å². The number of hydrogen-bond acceptors (Lipinski definition) is 7. The maximum absolute atomic E-state index is 13.2. The Morgan fingerprint density at radius 2 is 2.03 bits per heavy atom. The Hall–Kier alpha value is -2.65. The number of aromatic nitrogens is 2. The number of thioether (sulfide) groups is 1. The molecule has 3 heterocycles. The monoisotopic (exact) mass is 524 g/mol. The normalized spacial score (nSPS) is 16.3. The van der Waals surface area contributed by atoms with Crippen molar-refractivity contribution in [3.63, 3.8) is 0 Å². The van der Waals surface area contributed by atoms with Gasteiger partial charge in [-0.15, -0.1) is 23.1 Å². The van der Waals surface area contributed by atoms with E-state index in [1.807, 2.05) is 66.0 Å². The van der Waals surface area contributed by atoms with Crippen molar-refractivity contribution in [3.05, 3.63) is 82.5 Å². The molecule has 1 saturated heterocycles. The molecule has 180 valence electrons. The van der Waals surface area contributed by atoms with Crippen molar-refractivity contribution in [1.29, 1.82) is 0 Å². The minimum absolute atomic E-state index is 0.0547. The highest BCUT2D eigenvalue weighted by molar-refractivity contribution is 7.98. The van der Waals surface area contributed by atoms with Gasteiger partial charge < -0.3 is 9.84 Å².